The maximum atomic E-state index is 4.68. The second-order valence-corrected chi connectivity index (χ2v) is 6.87. The van der Waals surface area contributed by atoms with Crippen molar-refractivity contribution in [2.45, 2.75) is 52.6 Å². The first-order valence-corrected chi connectivity index (χ1v) is 8.88. The van der Waals surface area contributed by atoms with Crippen LogP contribution in [-0.4, -0.2) is 28.6 Å². The topological polar surface area (TPSA) is 54.2 Å². The fourth-order valence-electron chi connectivity index (χ4n) is 2.85. The van der Waals surface area contributed by atoms with Crippen molar-refractivity contribution in [3.8, 4) is 0 Å². The van der Waals surface area contributed by atoms with Gasteiger partial charge in [-0.25, -0.2) is 4.98 Å². The Bertz CT molecular complexity index is 671. The summed E-state index contributed by atoms with van der Waals surface area (Å²) in [7, 11) is 3.86. The van der Waals surface area contributed by atoms with E-state index in [0.717, 1.165) is 35.2 Å². The normalized spacial score (nSPS) is 13.5. The maximum absolute atomic E-state index is 4.68. The quantitative estimate of drug-likeness (QED) is 0.604. The summed E-state index contributed by atoms with van der Waals surface area (Å²) in [5.41, 5.74) is 2.18. The molecule has 0 aliphatic heterocycles. The number of hydrogen-bond donors (Lipinski definition) is 2. The highest BCUT2D eigenvalue weighted by Gasteiger charge is 2.09. The number of guanidine groups is 1. The number of nitrogens with one attached hydrogen (secondary N) is 2. The van der Waals surface area contributed by atoms with Crippen molar-refractivity contribution < 1.29 is 0 Å². The number of benzene rings is 1. The zero-order chi connectivity index (χ0) is 17.5. The molecule has 2 N–H and O–H groups in total. The number of para-hydroxylation sites is 2. The summed E-state index contributed by atoms with van der Waals surface area (Å²) in [6, 6.07) is 8.61. The van der Waals surface area contributed by atoms with Gasteiger partial charge in [0.25, 0.3) is 0 Å². The Balaban J connectivity index is 1.87. The molecule has 132 valence electrons. The first-order valence-electron chi connectivity index (χ1n) is 8.88. The smallest absolute Gasteiger partial charge is 0.191 e. The van der Waals surface area contributed by atoms with E-state index in [1.807, 2.05) is 25.2 Å². The lowest BCUT2D eigenvalue weighted by Gasteiger charge is -2.18. The maximum Gasteiger partial charge on any atom is 0.191 e. The molecular weight excluding hydrogens is 298 g/mol. The highest BCUT2D eigenvalue weighted by molar-refractivity contribution is 5.80. The Morgan fingerprint density at radius 2 is 1.96 bits per heavy atom. The van der Waals surface area contributed by atoms with Crippen LogP contribution in [0.15, 0.2) is 29.3 Å². The summed E-state index contributed by atoms with van der Waals surface area (Å²) >= 11 is 0. The van der Waals surface area contributed by atoms with Crippen molar-refractivity contribution in [3.05, 3.63) is 30.1 Å². The molecule has 0 saturated heterocycles. The third-order valence-electron chi connectivity index (χ3n) is 4.32. The molecule has 0 radical (unpaired) electrons. The standard InChI is InChI=1S/C19H31N5/c1-14(2)9-8-10-15(3)22-19(20-4)21-13-18-23-16-11-6-7-12-17(16)24(18)5/h6-7,11-12,14-15H,8-10,13H2,1-5H3,(H2,20,21,22). The predicted octanol–water partition coefficient (Wildman–Crippen LogP) is 3.45. The Morgan fingerprint density at radius 3 is 2.62 bits per heavy atom. The summed E-state index contributed by atoms with van der Waals surface area (Å²) < 4.78 is 2.13. The molecule has 2 rings (SSSR count). The minimum atomic E-state index is 0.412. The summed E-state index contributed by atoms with van der Waals surface area (Å²) in [4.78, 5) is 9.01. The molecule has 1 heterocycles. The zero-order valence-electron chi connectivity index (χ0n) is 15.6. The van der Waals surface area contributed by atoms with Crippen molar-refractivity contribution in [1.82, 2.24) is 20.2 Å². The van der Waals surface area contributed by atoms with Gasteiger partial charge in [-0.15, -0.1) is 0 Å². The van der Waals surface area contributed by atoms with Crippen LogP contribution < -0.4 is 10.6 Å². The molecule has 1 unspecified atom stereocenters. The molecule has 5 heteroatoms. The molecule has 1 aromatic carbocycles. The van der Waals surface area contributed by atoms with Gasteiger partial charge >= 0.3 is 0 Å². The Morgan fingerprint density at radius 1 is 1.21 bits per heavy atom. The van der Waals surface area contributed by atoms with Gasteiger partial charge in [0.05, 0.1) is 17.6 Å². The summed E-state index contributed by atoms with van der Waals surface area (Å²) in [6.07, 6.45) is 3.68. The average Bonchev–Trinajstić information content (AvgIpc) is 2.87. The van der Waals surface area contributed by atoms with E-state index < -0.39 is 0 Å². The summed E-state index contributed by atoms with van der Waals surface area (Å²) in [5.74, 6) is 2.61. The number of aliphatic imine (C=N–C) groups is 1. The molecule has 24 heavy (non-hydrogen) atoms. The molecule has 0 saturated carbocycles. The van der Waals surface area contributed by atoms with Gasteiger partial charge in [-0.3, -0.25) is 4.99 Å². The van der Waals surface area contributed by atoms with Gasteiger partial charge in [0.1, 0.15) is 5.82 Å². The van der Waals surface area contributed by atoms with E-state index >= 15 is 0 Å². The van der Waals surface area contributed by atoms with E-state index in [9.17, 15) is 0 Å². The molecule has 0 aliphatic carbocycles. The molecule has 1 aromatic heterocycles. The Labute approximate surface area is 145 Å². The second kappa shape index (κ2) is 8.71. The van der Waals surface area contributed by atoms with Gasteiger partial charge in [-0.1, -0.05) is 38.8 Å². The zero-order valence-corrected chi connectivity index (χ0v) is 15.6. The van der Waals surface area contributed by atoms with Crippen LogP contribution in [0, 0.1) is 5.92 Å². The average molecular weight is 329 g/mol. The third kappa shape index (κ3) is 4.98. The van der Waals surface area contributed by atoms with E-state index in [1.165, 1.54) is 12.8 Å². The summed E-state index contributed by atoms with van der Waals surface area (Å²) in [5, 5.41) is 6.84. The summed E-state index contributed by atoms with van der Waals surface area (Å²) in [6.45, 7) is 7.41. The van der Waals surface area contributed by atoms with Crippen LogP contribution in [0.3, 0.4) is 0 Å². The highest BCUT2D eigenvalue weighted by Crippen LogP contribution is 2.14. The molecule has 5 nitrogen and oxygen atoms in total. The fraction of sp³-hybridized carbons (Fsp3) is 0.579. The van der Waals surface area contributed by atoms with Gasteiger partial charge in [0.15, 0.2) is 5.96 Å². The number of rotatable bonds is 7. The molecular formula is C19H31N5. The van der Waals surface area contributed by atoms with E-state index in [4.69, 9.17) is 0 Å². The van der Waals surface area contributed by atoms with Gasteiger partial charge in [0.2, 0.25) is 0 Å². The molecule has 1 atom stereocenters. The lowest BCUT2D eigenvalue weighted by atomic mass is 10.0. The largest absolute Gasteiger partial charge is 0.354 e. The van der Waals surface area contributed by atoms with E-state index in [0.29, 0.717) is 12.6 Å². The van der Waals surface area contributed by atoms with Crippen LogP contribution in [0.25, 0.3) is 11.0 Å². The molecule has 0 amide bonds. The van der Waals surface area contributed by atoms with Gasteiger partial charge < -0.3 is 15.2 Å². The van der Waals surface area contributed by atoms with Gasteiger partial charge in [-0.2, -0.15) is 0 Å². The fourth-order valence-corrected chi connectivity index (χ4v) is 2.85. The minimum Gasteiger partial charge on any atom is -0.354 e. The number of imidazole rings is 1. The van der Waals surface area contributed by atoms with E-state index in [2.05, 4.69) is 59.1 Å². The van der Waals surface area contributed by atoms with Crippen LogP contribution in [0.2, 0.25) is 0 Å². The third-order valence-corrected chi connectivity index (χ3v) is 4.32. The van der Waals surface area contributed by atoms with Crippen molar-refractivity contribution in [3.63, 3.8) is 0 Å². The lowest BCUT2D eigenvalue weighted by molar-refractivity contribution is 0.491. The molecule has 0 fully saturated rings. The number of fused-ring (bicyclic) bond motifs is 1. The molecule has 2 aromatic rings. The van der Waals surface area contributed by atoms with Gasteiger partial charge in [-0.05, 0) is 31.4 Å². The van der Waals surface area contributed by atoms with Crippen molar-refractivity contribution in [1.29, 1.82) is 0 Å². The van der Waals surface area contributed by atoms with E-state index in [-0.39, 0.29) is 0 Å². The number of aryl methyl sites for hydroxylation is 1. The SMILES string of the molecule is CN=C(NCc1nc2ccccc2n1C)NC(C)CCCC(C)C. The predicted molar refractivity (Wildman–Crippen MR) is 102 cm³/mol. The molecule has 0 bridgehead atoms. The van der Waals surface area contributed by atoms with Crippen LogP contribution >= 0.6 is 0 Å². The second-order valence-electron chi connectivity index (χ2n) is 6.87. The minimum absolute atomic E-state index is 0.412. The number of nitrogens with zero attached hydrogens (tertiary/aromatic N) is 3. The Hall–Kier alpha value is -2.04. The van der Waals surface area contributed by atoms with Crippen molar-refractivity contribution in [2.24, 2.45) is 18.0 Å². The van der Waals surface area contributed by atoms with Crippen LogP contribution in [0.5, 0.6) is 0 Å². The first-order chi connectivity index (χ1) is 11.5. The Kier molecular flexibility index (Phi) is 6.64. The van der Waals surface area contributed by atoms with Crippen molar-refractivity contribution in [2.75, 3.05) is 7.05 Å². The number of aromatic nitrogens is 2. The van der Waals surface area contributed by atoms with Crippen LogP contribution in [0.4, 0.5) is 0 Å². The lowest BCUT2D eigenvalue weighted by Crippen LogP contribution is -2.42. The highest BCUT2D eigenvalue weighted by atomic mass is 15.2. The van der Waals surface area contributed by atoms with Gasteiger partial charge in [0, 0.05) is 20.1 Å². The van der Waals surface area contributed by atoms with Crippen LogP contribution in [-0.2, 0) is 13.6 Å². The molecule has 0 aliphatic rings. The van der Waals surface area contributed by atoms with Crippen molar-refractivity contribution >= 4 is 17.0 Å². The van der Waals surface area contributed by atoms with Crippen LogP contribution in [0.1, 0.15) is 45.9 Å². The molecule has 0 spiro atoms. The van der Waals surface area contributed by atoms with E-state index in [1.54, 1.807) is 0 Å². The first kappa shape index (κ1) is 18.3. The monoisotopic (exact) mass is 329 g/mol. The number of hydrogen-bond acceptors (Lipinski definition) is 2.